The summed E-state index contributed by atoms with van der Waals surface area (Å²) in [6.45, 7) is 4.73. The first-order valence-corrected chi connectivity index (χ1v) is 18.3. The number of pyridine rings is 1. The molecule has 9 aromatic rings. The SMILES string of the molecule is CC1(C)c2ccccc2-c2cc(-c3ccccc3)c(N(c3ccc(-c4ccccc4)cc3)c3cncc4sc5cc6ccccc6cc5c34)cc21. The Morgan fingerprint density at radius 1 is 0.490 bits per heavy atom. The van der Waals surface area contributed by atoms with Gasteiger partial charge in [-0.1, -0.05) is 135 Å². The second-order valence-electron chi connectivity index (χ2n) is 14.0. The average molecular weight is 671 g/mol. The highest BCUT2D eigenvalue weighted by Crippen LogP contribution is 2.54. The molecule has 51 heavy (non-hydrogen) atoms. The van der Waals surface area contributed by atoms with E-state index in [0.717, 1.165) is 17.1 Å². The molecule has 1 aliphatic rings. The summed E-state index contributed by atoms with van der Waals surface area (Å²) in [5, 5.41) is 4.98. The van der Waals surface area contributed by atoms with E-state index in [1.54, 1.807) is 0 Å². The van der Waals surface area contributed by atoms with Gasteiger partial charge in [0.2, 0.25) is 0 Å². The Bertz CT molecular complexity index is 2760. The van der Waals surface area contributed by atoms with Gasteiger partial charge in [-0.3, -0.25) is 4.98 Å². The molecule has 2 aromatic heterocycles. The van der Waals surface area contributed by atoms with Crippen LogP contribution in [-0.2, 0) is 5.41 Å². The first kappa shape index (κ1) is 29.8. The van der Waals surface area contributed by atoms with Crippen LogP contribution in [0.4, 0.5) is 17.1 Å². The van der Waals surface area contributed by atoms with Gasteiger partial charge in [-0.15, -0.1) is 11.3 Å². The van der Waals surface area contributed by atoms with Crippen molar-refractivity contribution in [2.45, 2.75) is 19.3 Å². The maximum Gasteiger partial charge on any atom is 0.0738 e. The fourth-order valence-electron chi connectivity index (χ4n) is 8.18. The van der Waals surface area contributed by atoms with Crippen molar-refractivity contribution < 1.29 is 0 Å². The zero-order chi connectivity index (χ0) is 34.1. The lowest BCUT2D eigenvalue weighted by molar-refractivity contribution is 0.660. The molecule has 3 heteroatoms. The van der Waals surface area contributed by atoms with E-state index in [2.05, 4.69) is 183 Å². The maximum atomic E-state index is 4.92. The Morgan fingerprint density at radius 2 is 1.14 bits per heavy atom. The molecule has 242 valence electrons. The van der Waals surface area contributed by atoms with Crippen LogP contribution in [-0.4, -0.2) is 4.98 Å². The molecule has 0 radical (unpaired) electrons. The van der Waals surface area contributed by atoms with Crippen LogP contribution in [0.3, 0.4) is 0 Å². The molecule has 0 saturated heterocycles. The smallest absolute Gasteiger partial charge is 0.0738 e. The van der Waals surface area contributed by atoms with Gasteiger partial charge in [-0.2, -0.15) is 0 Å². The van der Waals surface area contributed by atoms with Gasteiger partial charge in [-0.25, -0.2) is 0 Å². The second-order valence-corrected chi connectivity index (χ2v) is 15.1. The maximum absolute atomic E-state index is 4.92. The molecular weight excluding hydrogens is 637 g/mol. The minimum absolute atomic E-state index is 0.156. The van der Waals surface area contributed by atoms with Crippen LogP contribution in [0.5, 0.6) is 0 Å². The van der Waals surface area contributed by atoms with Gasteiger partial charge < -0.3 is 4.90 Å². The number of benzene rings is 7. The van der Waals surface area contributed by atoms with Gasteiger partial charge in [0.15, 0.2) is 0 Å². The van der Waals surface area contributed by atoms with Gasteiger partial charge in [-0.05, 0) is 86.1 Å². The number of hydrogen-bond donors (Lipinski definition) is 0. The van der Waals surface area contributed by atoms with Gasteiger partial charge in [0, 0.05) is 38.3 Å². The minimum atomic E-state index is -0.156. The van der Waals surface area contributed by atoms with E-state index in [1.807, 2.05) is 17.5 Å². The molecule has 7 aromatic carbocycles. The Labute approximate surface area is 301 Å². The average Bonchev–Trinajstić information content (AvgIpc) is 3.66. The van der Waals surface area contributed by atoms with Gasteiger partial charge in [0.25, 0.3) is 0 Å². The Hall–Kier alpha value is -6.03. The number of fused-ring (bicyclic) bond motifs is 7. The van der Waals surface area contributed by atoms with Crippen LogP contribution in [0.2, 0.25) is 0 Å². The van der Waals surface area contributed by atoms with Crippen molar-refractivity contribution in [3.63, 3.8) is 0 Å². The van der Waals surface area contributed by atoms with Crippen molar-refractivity contribution >= 4 is 59.3 Å². The lowest BCUT2D eigenvalue weighted by Gasteiger charge is -2.31. The van der Waals surface area contributed by atoms with Crippen molar-refractivity contribution in [1.82, 2.24) is 4.98 Å². The van der Waals surface area contributed by atoms with E-state index in [0.29, 0.717) is 0 Å². The number of aromatic nitrogens is 1. The third kappa shape index (κ3) is 4.73. The fourth-order valence-corrected chi connectivity index (χ4v) is 9.30. The predicted octanol–water partition coefficient (Wildman–Crippen LogP) is 13.7. The molecule has 0 amide bonds. The molecule has 0 atom stereocenters. The Balaban J connectivity index is 1.29. The van der Waals surface area contributed by atoms with Gasteiger partial charge in [0.1, 0.15) is 0 Å². The van der Waals surface area contributed by atoms with Crippen molar-refractivity contribution in [2.24, 2.45) is 0 Å². The summed E-state index contributed by atoms with van der Waals surface area (Å²) in [6, 6.07) is 57.7. The summed E-state index contributed by atoms with van der Waals surface area (Å²) < 4.78 is 2.45. The number of rotatable bonds is 5. The van der Waals surface area contributed by atoms with Crippen molar-refractivity contribution in [3.05, 3.63) is 181 Å². The number of hydrogen-bond acceptors (Lipinski definition) is 3. The zero-order valence-corrected chi connectivity index (χ0v) is 29.3. The molecule has 1 aliphatic carbocycles. The summed E-state index contributed by atoms with van der Waals surface area (Å²) in [6.07, 6.45) is 4.10. The minimum Gasteiger partial charge on any atom is -0.308 e. The molecule has 0 spiro atoms. The normalized spacial score (nSPS) is 13.1. The zero-order valence-electron chi connectivity index (χ0n) is 28.5. The third-order valence-electron chi connectivity index (χ3n) is 10.7. The van der Waals surface area contributed by atoms with E-state index < -0.39 is 0 Å². The van der Waals surface area contributed by atoms with E-state index >= 15 is 0 Å². The largest absolute Gasteiger partial charge is 0.308 e. The molecule has 0 unspecified atom stereocenters. The highest BCUT2D eigenvalue weighted by atomic mass is 32.1. The molecular formula is C48H34N2S. The van der Waals surface area contributed by atoms with Crippen LogP contribution in [0.25, 0.3) is 64.3 Å². The highest BCUT2D eigenvalue weighted by molar-refractivity contribution is 7.26. The second kappa shape index (κ2) is 11.5. The van der Waals surface area contributed by atoms with Crippen molar-refractivity contribution in [1.29, 1.82) is 0 Å². The summed E-state index contributed by atoms with van der Waals surface area (Å²) >= 11 is 1.82. The number of thiophene rings is 1. The molecule has 2 nitrogen and oxygen atoms in total. The van der Waals surface area contributed by atoms with E-state index in [4.69, 9.17) is 4.98 Å². The molecule has 10 rings (SSSR count). The Kier molecular flexibility index (Phi) is 6.74. The molecule has 0 aliphatic heterocycles. The first-order valence-electron chi connectivity index (χ1n) is 17.5. The summed E-state index contributed by atoms with van der Waals surface area (Å²) in [7, 11) is 0. The van der Waals surface area contributed by atoms with E-state index in [-0.39, 0.29) is 5.41 Å². The quantitative estimate of drug-likeness (QED) is 0.181. The first-order chi connectivity index (χ1) is 25.0. The van der Waals surface area contributed by atoms with Crippen LogP contribution in [0.1, 0.15) is 25.0 Å². The van der Waals surface area contributed by atoms with Crippen LogP contribution >= 0.6 is 11.3 Å². The Morgan fingerprint density at radius 3 is 1.90 bits per heavy atom. The third-order valence-corrected chi connectivity index (χ3v) is 11.8. The van der Waals surface area contributed by atoms with Gasteiger partial charge in [0.05, 0.1) is 22.3 Å². The van der Waals surface area contributed by atoms with Crippen molar-refractivity contribution in [3.8, 4) is 33.4 Å². The fraction of sp³-hybridized carbons (Fsp3) is 0.0625. The number of anilines is 3. The lowest BCUT2D eigenvalue weighted by Crippen LogP contribution is -2.17. The lowest BCUT2D eigenvalue weighted by atomic mass is 9.81. The summed E-state index contributed by atoms with van der Waals surface area (Å²) in [5.74, 6) is 0. The van der Waals surface area contributed by atoms with Crippen LogP contribution in [0.15, 0.2) is 170 Å². The highest BCUT2D eigenvalue weighted by Gasteiger charge is 2.37. The van der Waals surface area contributed by atoms with Crippen LogP contribution in [0, 0.1) is 0 Å². The molecule has 0 bridgehead atoms. The van der Waals surface area contributed by atoms with Crippen LogP contribution < -0.4 is 4.90 Å². The predicted molar refractivity (Wildman–Crippen MR) is 218 cm³/mol. The standard InChI is InChI=1S/C48H34N2S/c1-48(2)41-20-12-11-19-37(41)39-27-38(33-15-7-4-8-16-33)43(28-42(39)48)50(36-23-21-32(22-24-36)31-13-5-3-6-14-31)44-29-49-30-46-47(44)40-25-34-17-9-10-18-35(34)26-45(40)51-46/h3-30H,1-2H3. The molecule has 0 saturated carbocycles. The molecule has 0 fully saturated rings. The monoisotopic (exact) mass is 670 g/mol. The topological polar surface area (TPSA) is 16.1 Å². The molecule has 2 heterocycles. The van der Waals surface area contributed by atoms with E-state index in [1.165, 1.54) is 75.5 Å². The molecule has 0 N–H and O–H groups in total. The van der Waals surface area contributed by atoms with E-state index in [9.17, 15) is 0 Å². The van der Waals surface area contributed by atoms with Gasteiger partial charge >= 0.3 is 0 Å². The van der Waals surface area contributed by atoms with Crippen molar-refractivity contribution in [2.75, 3.05) is 4.90 Å². The summed E-state index contributed by atoms with van der Waals surface area (Å²) in [5.41, 5.74) is 13.3. The number of nitrogens with zero attached hydrogens (tertiary/aromatic N) is 2. The summed E-state index contributed by atoms with van der Waals surface area (Å²) in [4.78, 5) is 7.38.